The standard InChI is InChI=1S/C27H28F3N7O3/c28-27(29,30)20-6-9-35(15-20)22(38)16-36-17-37(21-4-2-1-3-5-21)26(25(36)40)7-10-34(11-8-26)24(39)19-12-18-14-32-33-23(18)31-13-19/h1-5,12-14,20H,6-11,15-17H2,(H,31,32,33). The molecule has 3 aromatic rings. The number of carbonyl (C=O) groups is 3. The third-order valence-corrected chi connectivity index (χ3v) is 8.33. The number of nitrogens with one attached hydrogen (secondary N) is 1. The third kappa shape index (κ3) is 4.52. The van der Waals surface area contributed by atoms with Crippen LogP contribution < -0.4 is 4.90 Å². The number of pyridine rings is 1. The molecule has 2 aromatic heterocycles. The van der Waals surface area contributed by atoms with Gasteiger partial charge in [-0.15, -0.1) is 0 Å². The molecule has 1 spiro atoms. The molecule has 3 aliphatic heterocycles. The Morgan fingerprint density at radius 2 is 1.80 bits per heavy atom. The van der Waals surface area contributed by atoms with E-state index in [1.165, 1.54) is 16.0 Å². The molecule has 0 bridgehead atoms. The van der Waals surface area contributed by atoms with Gasteiger partial charge in [-0.05, 0) is 37.5 Å². The van der Waals surface area contributed by atoms with Crippen molar-refractivity contribution >= 4 is 34.4 Å². The van der Waals surface area contributed by atoms with Gasteiger partial charge in [0.15, 0.2) is 5.65 Å². The van der Waals surface area contributed by atoms with Gasteiger partial charge < -0.3 is 19.6 Å². The van der Waals surface area contributed by atoms with Crippen molar-refractivity contribution in [2.45, 2.75) is 31.0 Å². The van der Waals surface area contributed by atoms with Crippen LogP contribution in [0.25, 0.3) is 11.0 Å². The maximum absolute atomic E-state index is 13.9. The molecule has 1 N–H and O–H groups in total. The highest BCUT2D eigenvalue weighted by Gasteiger charge is 2.55. The second-order valence-corrected chi connectivity index (χ2v) is 10.6. The molecule has 3 fully saturated rings. The van der Waals surface area contributed by atoms with Crippen molar-refractivity contribution in [1.82, 2.24) is 29.9 Å². The van der Waals surface area contributed by atoms with Crippen molar-refractivity contribution in [3.05, 3.63) is 54.4 Å². The highest BCUT2D eigenvalue weighted by atomic mass is 19.4. The maximum atomic E-state index is 13.9. The molecule has 40 heavy (non-hydrogen) atoms. The summed E-state index contributed by atoms with van der Waals surface area (Å²) >= 11 is 0. The lowest BCUT2D eigenvalue weighted by atomic mass is 9.85. The van der Waals surface area contributed by atoms with E-state index >= 15 is 0 Å². The molecule has 0 radical (unpaired) electrons. The summed E-state index contributed by atoms with van der Waals surface area (Å²) in [5.41, 5.74) is 0.850. The Morgan fingerprint density at radius 1 is 1.05 bits per heavy atom. The number of benzene rings is 1. The number of carbonyl (C=O) groups excluding carboxylic acids is 3. The molecule has 1 aromatic carbocycles. The number of hydrogen-bond acceptors (Lipinski definition) is 6. The van der Waals surface area contributed by atoms with Crippen LogP contribution in [0.15, 0.2) is 48.8 Å². The average molecular weight is 556 g/mol. The highest BCUT2D eigenvalue weighted by Crippen LogP contribution is 2.40. The summed E-state index contributed by atoms with van der Waals surface area (Å²) in [6.45, 7) is 0.133. The molecule has 1 unspecified atom stereocenters. The molecular formula is C27H28F3N7O3. The number of para-hydroxylation sites is 1. The van der Waals surface area contributed by atoms with E-state index in [1.807, 2.05) is 35.2 Å². The number of likely N-dealkylation sites (tertiary alicyclic amines) is 2. The first-order valence-corrected chi connectivity index (χ1v) is 13.2. The summed E-state index contributed by atoms with van der Waals surface area (Å²) in [7, 11) is 0. The fourth-order valence-electron chi connectivity index (χ4n) is 6.06. The Morgan fingerprint density at radius 3 is 2.50 bits per heavy atom. The van der Waals surface area contributed by atoms with Gasteiger partial charge >= 0.3 is 6.18 Å². The molecule has 5 heterocycles. The zero-order valence-corrected chi connectivity index (χ0v) is 21.6. The fraction of sp³-hybridized carbons (Fsp3) is 0.444. The van der Waals surface area contributed by atoms with Crippen LogP contribution in [0, 0.1) is 5.92 Å². The zero-order chi connectivity index (χ0) is 28.1. The highest BCUT2D eigenvalue weighted by molar-refractivity contribution is 5.98. The van der Waals surface area contributed by atoms with Crippen LogP contribution in [0.2, 0.25) is 0 Å². The van der Waals surface area contributed by atoms with Gasteiger partial charge in [-0.2, -0.15) is 18.3 Å². The van der Waals surface area contributed by atoms with Gasteiger partial charge in [0.2, 0.25) is 5.91 Å². The fourth-order valence-corrected chi connectivity index (χ4v) is 6.06. The molecule has 3 amide bonds. The Bertz CT molecular complexity index is 1440. The molecule has 0 saturated carbocycles. The topological polar surface area (TPSA) is 106 Å². The summed E-state index contributed by atoms with van der Waals surface area (Å²) in [6, 6.07) is 11.1. The number of alkyl halides is 3. The van der Waals surface area contributed by atoms with Crippen molar-refractivity contribution in [1.29, 1.82) is 0 Å². The minimum atomic E-state index is -4.35. The number of fused-ring (bicyclic) bond motifs is 1. The number of aromatic nitrogens is 3. The van der Waals surface area contributed by atoms with Crippen molar-refractivity contribution in [2.24, 2.45) is 5.92 Å². The van der Waals surface area contributed by atoms with Gasteiger partial charge in [-0.25, -0.2) is 4.98 Å². The molecule has 1 atom stereocenters. The number of piperidine rings is 1. The second kappa shape index (κ2) is 9.79. The molecule has 10 nitrogen and oxygen atoms in total. The van der Waals surface area contributed by atoms with Crippen molar-refractivity contribution in [2.75, 3.05) is 44.3 Å². The number of amides is 3. The van der Waals surface area contributed by atoms with Crippen molar-refractivity contribution in [3.8, 4) is 0 Å². The number of H-pyrrole nitrogens is 1. The number of aromatic amines is 1. The third-order valence-electron chi connectivity index (χ3n) is 8.33. The van der Waals surface area contributed by atoms with Crippen LogP contribution in [0.3, 0.4) is 0 Å². The average Bonchev–Trinajstić information content (AvgIpc) is 3.69. The number of nitrogens with zero attached hydrogens (tertiary/aromatic N) is 6. The van der Waals surface area contributed by atoms with Gasteiger partial charge in [0, 0.05) is 43.4 Å². The van der Waals surface area contributed by atoms with E-state index in [-0.39, 0.29) is 44.5 Å². The molecule has 3 aliphatic rings. The SMILES string of the molecule is O=C(CN1CN(c2ccccc2)C2(CCN(C(=O)c3cnc4[nH]ncc4c3)CC2)C1=O)N1CCC(C(F)(F)F)C1. The minimum absolute atomic E-state index is 0.0229. The summed E-state index contributed by atoms with van der Waals surface area (Å²) in [5, 5.41) is 7.42. The van der Waals surface area contributed by atoms with E-state index in [2.05, 4.69) is 15.2 Å². The van der Waals surface area contributed by atoms with Crippen molar-refractivity contribution < 1.29 is 27.6 Å². The number of anilines is 1. The normalized spacial score (nSPS) is 21.2. The van der Waals surface area contributed by atoms with Crippen LogP contribution in [0.4, 0.5) is 18.9 Å². The van der Waals surface area contributed by atoms with Crippen LogP contribution >= 0.6 is 0 Å². The lowest BCUT2D eigenvalue weighted by Gasteiger charge is -2.43. The zero-order valence-electron chi connectivity index (χ0n) is 21.6. The Kier molecular flexibility index (Phi) is 6.38. The molecule has 6 rings (SSSR count). The van der Waals surface area contributed by atoms with E-state index in [1.54, 1.807) is 17.2 Å². The lowest BCUT2D eigenvalue weighted by Crippen LogP contribution is -2.57. The lowest BCUT2D eigenvalue weighted by molar-refractivity contribution is -0.171. The first-order valence-electron chi connectivity index (χ1n) is 13.2. The maximum Gasteiger partial charge on any atom is 0.393 e. The Hall–Kier alpha value is -4.16. The largest absolute Gasteiger partial charge is 0.393 e. The summed E-state index contributed by atoms with van der Waals surface area (Å²) in [5.74, 6) is -2.46. The van der Waals surface area contributed by atoms with E-state index in [0.717, 1.165) is 11.1 Å². The van der Waals surface area contributed by atoms with Gasteiger partial charge in [0.25, 0.3) is 11.8 Å². The van der Waals surface area contributed by atoms with Crippen LogP contribution in [-0.2, 0) is 9.59 Å². The van der Waals surface area contributed by atoms with Crippen LogP contribution in [0.5, 0.6) is 0 Å². The van der Waals surface area contributed by atoms with Gasteiger partial charge in [-0.3, -0.25) is 19.5 Å². The molecular weight excluding hydrogens is 527 g/mol. The minimum Gasteiger partial charge on any atom is -0.341 e. The smallest absolute Gasteiger partial charge is 0.341 e. The predicted molar refractivity (Wildman–Crippen MR) is 138 cm³/mol. The first kappa shape index (κ1) is 26.1. The molecule has 3 saturated heterocycles. The quantitative estimate of drug-likeness (QED) is 0.531. The monoisotopic (exact) mass is 555 g/mol. The van der Waals surface area contributed by atoms with Gasteiger partial charge in [0.05, 0.1) is 24.3 Å². The van der Waals surface area contributed by atoms with E-state index in [9.17, 15) is 27.6 Å². The van der Waals surface area contributed by atoms with Gasteiger partial charge in [-0.1, -0.05) is 18.2 Å². The van der Waals surface area contributed by atoms with Crippen molar-refractivity contribution in [3.63, 3.8) is 0 Å². The van der Waals surface area contributed by atoms with Crippen LogP contribution in [-0.4, -0.2) is 98.7 Å². The molecule has 13 heteroatoms. The van der Waals surface area contributed by atoms with Gasteiger partial charge in [0.1, 0.15) is 12.1 Å². The van der Waals surface area contributed by atoms with Crippen LogP contribution in [0.1, 0.15) is 29.6 Å². The summed E-state index contributed by atoms with van der Waals surface area (Å²) in [6.07, 6.45) is -0.689. The predicted octanol–water partition coefficient (Wildman–Crippen LogP) is 2.65. The Labute approximate surface area is 227 Å². The molecule has 0 aliphatic carbocycles. The summed E-state index contributed by atoms with van der Waals surface area (Å²) < 4.78 is 39.4. The Balaban J connectivity index is 1.19. The van der Waals surface area contributed by atoms with E-state index in [0.29, 0.717) is 37.1 Å². The summed E-state index contributed by atoms with van der Waals surface area (Å²) in [4.78, 5) is 50.7. The number of hydrogen-bond donors (Lipinski definition) is 1. The molecule has 210 valence electrons. The number of rotatable bonds is 4. The van der Waals surface area contributed by atoms with E-state index < -0.39 is 23.5 Å². The second-order valence-electron chi connectivity index (χ2n) is 10.6. The number of halogens is 3. The van der Waals surface area contributed by atoms with E-state index in [4.69, 9.17) is 0 Å². The first-order chi connectivity index (χ1) is 19.2.